The highest BCUT2D eigenvalue weighted by atomic mass is 16.5. The molecule has 7 nitrogen and oxygen atoms in total. The van der Waals surface area contributed by atoms with Crippen LogP contribution in [0.25, 0.3) is 11.3 Å². The molecule has 3 heterocycles. The van der Waals surface area contributed by atoms with Gasteiger partial charge in [0.05, 0.1) is 31.4 Å². The van der Waals surface area contributed by atoms with Crippen LogP contribution in [-0.4, -0.2) is 58.4 Å². The van der Waals surface area contributed by atoms with Crippen LogP contribution in [-0.2, 0) is 11.3 Å². The smallest absolute Gasteiger partial charge is 0.255 e. The van der Waals surface area contributed by atoms with Crippen LogP contribution in [0.4, 0.5) is 0 Å². The molecule has 0 radical (unpaired) electrons. The third-order valence-electron chi connectivity index (χ3n) is 6.46. The summed E-state index contributed by atoms with van der Waals surface area (Å²) >= 11 is 0. The number of ether oxygens (including phenoxy) is 1. The lowest BCUT2D eigenvalue weighted by Gasteiger charge is -2.31. The molecule has 1 aliphatic rings. The molecule has 2 aromatic carbocycles. The highest BCUT2D eigenvalue weighted by molar-refractivity contribution is 6.00. The summed E-state index contributed by atoms with van der Waals surface area (Å²) in [6.45, 7) is 6.51. The zero-order valence-electron chi connectivity index (χ0n) is 20.5. The topological polar surface area (TPSA) is 72.3 Å². The standard InChI is InChI=1S/C29H31N5O2/c1-22-9-11-24(12-10-22)27(21-33-14-16-36-17-15-33)31-29(35)26-20-34(19-23-6-3-2-4-7-23)32-28(26)25-8-5-13-30-18-25/h2-13,18,20,27H,14-17,19,21H2,1H3,(H,31,35). The Morgan fingerprint density at radius 2 is 1.81 bits per heavy atom. The maximum atomic E-state index is 13.8. The molecule has 0 aliphatic carbocycles. The largest absolute Gasteiger partial charge is 0.379 e. The number of amides is 1. The first-order valence-electron chi connectivity index (χ1n) is 12.3. The molecule has 2 aromatic heterocycles. The molecule has 1 saturated heterocycles. The van der Waals surface area contributed by atoms with Crippen LogP contribution in [0.3, 0.4) is 0 Å². The summed E-state index contributed by atoms with van der Waals surface area (Å²) in [4.78, 5) is 20.4. The van der Waals surface area contributed by atoms with Gasteiger partial charge >= 0.3 is 0 Å². The van der Waals surface area contributed by atoms with Gasteiger partial charge in [-0.1, -0.05) is 60.2 Å². The molecule has 1 N–H and O–H groups in total. The fourth-order valence-electron chi connectivity index (χ4n) is 4.47. The van der Waals surface area contributed by atoms with Crippen molar-refractivity contribution in [1.82, 2.24) is 25.0 Å². The summed E-state index contributed by atoms with van der Waals surface area (Å²) < 4.78 is 7.35. The van der Waals surface area contributed by atoms with Gasteiger partial charge < -0.3 is 10.1 Å². The molecule has 1 amide bonds. The molecule has 0 saturated carbocycles. The second kappa shape index (κ2) is 11.3. The number of hydrogen-bond acceptors (Lipinski definition) is 5. The number of nitrogens with one attached hydrogen (secondary N) is 1. The Bertz CT molecular complexity index is 1270. The summed E-state index contributed by atoms with van der Waals surface area (Å²) in [5, 5.41) is 8.10. The Balaban J connectivity index is 1.44. The Kier molecular flexibility index (Phi) is 7.50. The molecule has 1 aliphatic heterocycles. The average Bonchev–Trinajstić information content (AvgIpc) is 3.34. The third kappa shape index (κ3) is 5.87. The molecule has 1 atom stereocenters. The van der Waals surface area contributed by atoms with E-state index in [9.17, 15) is 4.79 Å². The number of morpholine rings is 1. The first-order valence-corrected chi connectivity index (χ1v) is 12.3. The van der Waals surface area contributed by atoms with E-state index < -0.39 is 0 Å². The van der Waals surface area contributed by atoms with Crippen LogP contribution in [0.15, 0.2) is 85.3 Å². The van der Waals surface area contributed by atoms with Gasteiger partial charge in [0.2, 0.25) is 0 Å². The van der Waals surface area contributed by atoms with Gasteiger partial charge in [0.15, 0.2) is 0 Å². The number of carbonyl (C=O) groups is 1. The molecule has 0 spiro atoms. The van der Waals surface area contributed by atoms with Gasteiger partial charge in [-0.25, -0.2) is 0 Å². The molecule has 0 bridgehead atoms. The lowest BCUT2D eigenvalue weighted by molar-refractivity contribution is 0.0332. The predicted molar refractivity (Wildman–Crippen MR) is 140 cm³/mol. The Hall–Kier alpha value is -3.81. The number of nitrogens with zero attached hydrogens (tertiary/aromatic N) is 4. The number of benzene rings is 2. The molecular weight excluding hydrogens is 450 g/mol. The van der Waals surface area contributed by atoms with Crippen LogP contribution in [0.1, 0.15) is 33.1 Å². The summed E-state index contributed by atoms with van der Waals surface area (Å²) in [6.07, 6.45) is 5.31. The third-order valence-corrected chi connectivity index (χ3v) is 6.46. The van der Waals surface area contributed by atoms with Gasteiger partial charge in [-0.15, -0.1) is 0 Å². The van der Waals surface area contributed by atoms with Crippen molar-refractivity contribution in [3.05, 3.63) is 108 Å². The summed E-state index contributed by atoms with van der Waals surface area (Å²) in [6, 6.07) is 22.1. The monoisotopic (exact) mass is 481 g/mol. The fraction of sp³-hybridized carbons (Fsp3) is 0.276. The van der Waals surface area contributed by atoms with Gasteiger partial charge in [0.1, 0.15) is 5.69 Å². The minimum atomic E-state index is -0.157. The fourth-order valence-corrected chi connectivity index (χ4v) is 4.47. The Morgan fingerprint density at radius 1 is 1.03 bits per heavy atom. The van der Waals surface area contributed by atoms with Crippen LogP contribution >= 0.6 is 0 Å². The SMILES string of the molecule is Cc1ccc(C(CN2CCOCC2)NC(=O)c2cn(Cc3ccccc3)nc2-c2cccnc2)cc1. The number of pyridine rings is 1. The maximum absolute atomic E-state index is 13.8. The van der Waals surface area contributed by atoms with E-state index in [1.807, 2.05) is 41.2 Å². The van der Waals surface area contributed by atoms with Gasteiger partial charge in [-0.3, -0.25) is 19.4 Å². The van der Waals surface area contributed by atoms with Crippen LogP contribution < -0.4 is 5.32 Å². The predicted octanol–water partition coefficient (Wildman–Crippen LogP) is 4.11. The number of hydrogen-bond donors (Lipinski definition) is 1. The van der Waals surface area contributed by atoms with E-state index in [1.165, 1.54) is 5.56 Å². The van der Waals surface area contributed by atoms with Gasteiger partial charge in [-0.05, 0) is 30.2 Å². The van der Waals surface area contributed by atoms with Crippen molar-refractivity contribution in [2.45, 2.75) is 19.5 Å². The second-order valence-electron chi connectivity index (χ2n) is 9.17. The molecular formula is C29H31N5O2. The van der Waals surface area contributed by atoms with Gasteiger partial charge in [0.25, 0.3) is 5.91 Å². The molecule has 36 heavy (non-hydrogen) atoms. The maximum Gasteiger partial charge on any atom is 0.255 e. The Morgan fingerprint density at radius 3 is 2.53 bits per heavy atom. The normalized spacial score (nSPS) is 14.9. The van der Waals surface area contributed by atoms with Crippen molar-refractivity contribution in [2.75, 3.05) is 32.8 Å². The van der Waals surface area contributed by atoms with E-state index in [1.54, 1.807) is 12.4 Å². The average molecular weight is 482 g/mol. The summed E-state index contributed by atoms with van der Waals surface area (Å²) in [5.41, 5.74) is 5.38. The van der Waals surface area contributed by atoms with E-state index in [2.05, 4.69) is 58.5 Å². The Labute approximate surface area is 211 Å². The first kappa shape index (κ1) is 23.9. The van der Waals surface area contributed by atoms with E-state index in [-0.39, 0.29) is 11.9 Å². The molecule has 7 heteroatoms. The minimum absolute atomic E-state index is 0.146. The molecule has 5 rings (SSSR count). The number of carbonyl (C=O) groups excluding carboxylic acids is 1. The van der Waals surface area contributed by atoms with E-state index in [4.69, 9.17) is 9.84 Å². The number of rotatable bonds is 8. The van der Waals surface area contributed by atoms with Gasteiger partial charge in [0, 0.05) is 43.8 Å². The van der Waals surface area contributed by atoms with E-state index in [0.717, 1.165) is 36.3 Å². The lowest BCUT2D eigenvalue weighted by atomic mass is 10.0. The van der Waals surface area contributed by atoms with Crippen molar-refractivity contribution in [1.29, 1.82) is 0 Å². The van der Waals surface area contributed by atoms with Crippen molar-refractivity contribution in [2.24, 2.45) is 0 Å². The zero-order valence-corrected chi connectivity index (χ0v) is 20.5. The van der Waals surface area contributed by atoms with E-state index in [0.29, 0.717) is 31.0 Å². The van der Waals surface area contributed by atoms with Crippen molar-refractivity contribution >= 4 is 5.91 Å². The highest BCUT2D eigenvalue weighted by Crippen LogP contribution is 2.24. The van der Waals surface area contributed by atoms with Crippen LogP contribution in [0.5, 0.6) is 0 Å². The highest BCUT2D eigenvalue weighted by Gasteiger charge is 2.24. The lowest BCUT2D eigenvalue weighted by Crippen LogP contribution is -2.43. The molecule has 1 unspecified atom stereocenters. The van der Waals surface area contributed by atoms with Crippen molar-refractivity contribution in [3.63, 3.8) is 0 Å². The molecule has 1 fully saturated rings. The summed E-state index contributed by atoms with van der Waals surface area (Å²) in [7, 11) is 0. The number of aryl methyl sites for hydroxylation is 1. The summed E-state index contributed by atoms with van der Waals surface area (Å²) in [5.74, 6) is -0.146. The van der Waals surface area contributed by atoms with Crippen LogP contribution in [0, 0.1) is 6.92 Å². The zero-order chi connectivity index (χ0) is 24.7. The van der Waals surface area contributed by atoms with Gasteiger partial charge in [-0.2, -0.15) is 5.10 Å². The van der Waals surface area contributed by atoms with Crippen LogP contribution in [0.2, 0.25) is 0 Å². The minimum Gasteiger partial charge on any atom is -0.379 e. The quantitative estimate of drug-likeness (QED) is 0.410. The van der Waals surface area contributed by atoms with E-state index >= 15 is 0 Å². The van der Waals surface area contributed by atoms with Crippen molar-refractivity contribution in [3.8, 4) is 11.3 Å². The number of aromatic nitrogens is 3. The van der Waals surface area contributed by atoms with Crippen molar-refractivity contribution < 1.29 is 9.53 Å². The second-order valence-corrected chi connectivity index (χ2v) is 9.17. The molecule has 184 valence electrons. The molecule has 4 aromatic rings. The first-order chi connectivity index (χ1) is 17.7.